The molecule has 190 valence electrons. The predicted molar refractivity (Wildman–Crippen MR) is 137 cm³/mol. The van der Waals surface area contributed by atoms with E-state index in [9.17, 15) is 18.8 Å². The summed E-state index contributed by atoms with van der Waals surface area (Å²) < 4.78 is 23.9. The lowest BCUT2D eigenvalue weighted by Gasteiger charge is -2.28. The van der Waals surface area contributed by atoms with E-state index in [0.29, 0.717) is 28.3 Å². The van der Waals surface area contributed by atoms with Crippen molar-refractivity contribution in [2.45, 2.75) is 33.2 Å². The van der Waals surface area contributed by atoms with Crippen LogP contribution in [0.15, 0.2) is 35.8 Å². The quantitative estimate of drug-likeness (QED) is 0.430. The number of pyridine rings is 1. The molecule has 0 atom stereocenters. The van der Waals surface area contributed by atoms with Gasteiger partial charge in [0, 0.05) is 38.2 Å². The number of carbonyl (C=O) groups excluding carboxylic acids is 3. The van der Waals surface area contributed by atoms with E-state index >= 15 is 0 Å². The van der Waals surface area contributed by atoms with Gasteiger partial charge in [-0.3, -0.25) is 14.4 Å². The van der Waals surface area contributed by atoms with Gasteiger partial charge in [-0.05, 0) is 67.7 Å². The second kappa shape index (κ2) is 10.8. The molecular weight excluding hydrogens is 485 g/mol. The maximum Gasteiger partial charge on any atom is 0.302 e. The first-order chi connectivity index (χ1) is 16.9. The van der Waals surface area contributed by atoms with Crippen LogP contribution in [0, 0.1) is 12.7 Å². The van der Waals surface area contributed by atoms with Crippen molar-refractivity contribution in [1.29, 1.82) is 0 Å². The van der Waals surface area contributed by atoms with Crippen molar-refractivity contribution >= 4 is 41.0 Å². The van der Waals surface area contributed by atoms with Crippen LogP contribution >= 0.6 is 11.5 Å². The highest BCUT2D eigenvalue weighted by Gasteiger charge is 2.25. The van der Waals surface area contributed by atoms with Crippen LogP contribution in [0.4, 0.5) is 16.0 Å². The number of hydrogen-bond donors (Lipinski definition) is 2. The second-order valence-corrected chi connectivity index (χ2v) is 9.76. The molecule has 11 heteroatoms. The molecule has 0 fully saturated rings. The Balaban J connectivity index is 2.02. The number of amides is 2. The molecule has 0 aliphatic rings. The Kier molecular flexibility index (Phi) is 8.03. The van der Waals surface area contributed by atoms with Gasteiger partial charge in [0.05, 0.1) is 16.7 Å². The third-order valence-electron chi connectivity index (χ3n) is 5.17. The standard InChI is InChI=1S/C25H28FN5O4S/c1-14-9-20(26)18(23(33)28-21-7-8-36-30-21)11-17(14)16-10-19(24(34)31(5)6)22(27-12-16)29-25(3,4)13-35-15(2)32/h7-12H,13H2,1-6H3,(H,27,29)(H,28,30,33). The molecule has 0 aliphatic heterocycles. The van der Waals surface area contributed by atoms with Crippen LogP contribution in [0.5, 0.6) is 0 Å². The lowest BCUT2D eigenvalue weighted by atomic mass is 9.96. The first kappa shape index (κ1) is 26.7. The largest absolute Gasteiger partial charge is 0.463 e. The van der Waals surface area contributed by atoms with Crippen molar-refractivity contribution in [2.75, 3.05) is 31.3 Å². The van der Waals surface area contributed by atoms with Crippen LogP contribution in [-0.2, 0) is 9.53 Å². The molecule has 0 saturated carbocycles. The van der Waals surface area contributed by atoms with E-state index in [2.05, 4.69) is 20.0 Å². The van der Waals surface area contributed by atoms with Gasteiger partial charge in [-0.15, -0.1) is 0 Å². The van der Waals surface area contributed by atoms with E-state index in [1.54, 1.807) is 44.7 Å². The predicted octanol–water partition coefficient (Wildman–Crippen LogP) is 4.36. The number of aromatic nitrogens is 2. The Morgan fingerprint density at radius 1 is 1.17 bits per heavy atom. The van der Waals surface area contributed by atoms with Crippen molar-refractivity contribution in [3.8, 4) is 11.1 Å². The normalized spacial score (nSPS) is 11.1. The molecule has 0 radical (unpaired) electrons. The zero-order chi connectivity index (χ0) is 26.6. The van der Waals surface area contributed by atoms with Gasteiger partial charge in [0.15, 0.2) is 0 Å². The van der Waals surface area contributed by atoms with E-state index in [1.165, 1.54) is 35.5 Å². The second-order valence-electron chi connectivity index (χ2n) is 9.09. The molecule has 9 nitrogen and oxygen atoms in total. The molecule has 0 aliphatic carbocycles. The molecule has 0 spiro atoms. The highest BCUT2D eigenvalue weighted by molar-refractivity contribution is 7.03. The monoisotopic (exact) mass is 513 g/mol. The Labute approximate surface area is 212 Å². The number of hydrogen-bond acceptors (Lipinski definition) is 8. The van der Waals surface area contributed by atoms with Crippen molar-refractivity contribution < 1.29 is 23.5 Å². The topological polar surface area (TPSA) is 114 Å². The molecule has 2 N–H and O–H groups in total. The van der Waals surface area contributed by atoms with Gasteiger partial charge in [-0.1, -0.05) is 0 Å². The molecule has 3 rings (SSSR count). The fourth-order valence-electron chi connectivity index (χ4n) is 3.37. The molecule has 36 heavy (non-hydrogen) atoms. The third kappa shape index (κ3) is 6.42. The van der Waals surface area contributed by atoms with Crippen molar-refractivity contribution in [2.24, 2.45) is 0 Å². The summed E-state index contributed by atoms with van der Waals surface area (Å²) >= 11 is 1.17. The van der Waals surface area contributed by atoms with Gasteiger partial charge < -0.3 is 20.3 Å². The molecule has 0 saturated heterocycles. The molecule has 0 unspecified atom stereocenters. The summed E-state index contributed by atoms with van der Waals surface area (Å²) in [4.78, 5) is 42.9. The number of nitrogens with one attached hydrogen (secondary N) is 2. The number of halogens is 1. The molecule has 0 bridgehead atoms. The number of aryl methyl sites for hydroxylation is 1. The average Bonchev–Trinajstić information content (AvgIpc) is 3.30. The highest BCUT2D eigenvalue weighted by atomic mass is 32.1. The summed E-state index contributed by atoms with van der Waals surface area (Å²) in [5, 5.41) is 7.44. The zero-order valence-electron chi connectivity index (χ0n) is 20.9. The first-order valence-electron chi connectivity index (χ1n) is 11.0. The van der Waals surface area contributed by atoms with Crippen LogP contribution in [0.2, 0.25) is 0 Å². The lowest BCUT2D eigenvalue weighted by Crippen LogP contribution is -2.38. The molecule has 2 heterocycles. The third-order valence-corrected chi connectivity index (χ3v) is 5.73. The zero-order valence-corrected chi connectivity index (χ0v) is 21.7. The number of nitrogens with zero attached hydrogens (tertiary/aromatic N) is 3. The lowest BCUT2D eigenvalue weighted by molar-refractivity contribution is -0.142. The fourth-order valence-corrected chi connectivity index (χ4v) is 3.84. The van der Waals surface area contributed by atoms with E-state index in [4.69, 9.17) is 4.74 Å². The van der Waals surface area contributed by atoms with E-state index in [0.717, 1.165) is 0 Å². The van der Waals surface area contributed by atoms with E-state index < -0.39 is 23.2 Å². The van der Waals surface area contributed by atoms with E-state index in [1.807, 2.05) is 13.8 Å². The van der Waals surface area contributed by atoms with Crippen LogP contribution in [0.1, 0.15) is 47.1 Å². The summed E-state index contributed by atoms with van der Waals surface area (Å²) in [6.07, 6.45) is 1.54. The summed E-state index contributed by atoms with van der Waals surface area (Å²) in [5.41, 5.74) is 1.04. The van der Waals surface area contributed by atoms with Gasteiger partial charge in [0.2, 0.25) is 0 Å². The SMILES string of the molecule is CC(=O)OCC(C)(C)Nc1ncc(-c2cc(C(=O)Nc3ccsn3)c(F)cc2C)cc1C(=O)N(C)C. The fraction of sp³-hybridized carbons (Fsp3) is 0.320. The van der Waals surface area contributed by atoms with Crippen LogP contribution in [0.3, 0.4) is 0 Å². The molecule has 2 amide bonds. The Morgan fingerprint density at radius 2 is 1.89 bits per heavy atom. The summed E-state index contributed by atoms with van der Waals surface area (Å²) in [6, 6.07) is 5.97. The maximum atomic E-state index is 14.7. The van der Waals surface area contributed by atoms with Gasteiger partial charge >= 0.3 is 5.97 Å². The Bertz CT molecular complexity index is 1290. The number of benzene rings is 1. The first-order valence-corrected chi connectivity index (χ1v) is 11.9. The van der Waals surface area contributed by atoms with Crippen LogP contribution < -0.4 is 10.6 Å². The van der Waals surface area contributed by atoms with Crippen molar-refractivity contribution in [3.05, 3.63) is 58.3 Å². The smallest absolute Gasteiger partial charge is 0.302 e. The van der Waals surface area contributed by atoms with Gasteiger partial charge in [-0.25, -0.2) is 9.37 Å². The average molecular weight is 514 g/mol. The van der Waals surface area contributed by atoms with Crippen LogP contribution in [-0.4, -0.2) is 58.3 Å². The number of carbonyl (C=O) groups is 3. The van der Waals surface area contributed by atoms with Gasteiger partial charge in [0.25, 0.3) is 11.8 Å². The summed E-state index contributed by atoms with van der Waals surface area (Å²) in [7, 11) is 3.24. The minimum Gasteiger partial charge on any atom is -0.463 e. The van der Waals surface area contributed by atoms with Gasteiger partial charge in [-0.2, -0.15) is 4.37 Å². The Morgan fingerprint density at radius 3 is 2.50 bits per heavy atom. The van der Waals surface area contributed by atoms with E-state index in [-0.39, 0.29) is 23.6 Å². The molecule has 1 aromatic carbocycles. The molecule has 3 aromatic rings. The maximum absolute atomic E-state index is 14.7. The summed E-state index contributed by atoms with van der Waals surface area (Å²) in [6.45, 7) is 6.72. The van der Waals surface area contributed by atoms with Gasteiger partial charge in [0.1, 0.15) is 24.1 Å². The molecule has 2 aromatic heterocycles. The number of esters is 1. The summed E-state index contributed by atoms with van der Waals surface area (Å²) in [5.74, 6) is -1.40. The number of anilines is 2. The minimum absolute atomic E-state index is 0.0654. The van der Waals surface area contributed by atoms with Crippen LogP contribution in [0.25, 0.3) is 11.1 Å². The minimum atomic E-state index is -0.714. The van der Waals surface area contributed by atoms with Crippen molar-refractivity contribution in [3.63, 3.8) is 0 Å². The van der Waals surface area contributed by atoms with Crippen molar-refractivity contribution in [1.82, 2.24) is 14.3 Å². The highest BCUT2D eigenvalue weighted by Crippen LogP contribution is 2.30. The molecular formula is C25H28FN5O4S. The number of ether oxygens (including phenoxy) is 1. The Hall–Kier alpha value is -3.86. The number of rotatable bonds is 8.